The van der Waals surface area contributed by atoms with Crippen LogP contribution in [0.5, 0.6) is 0 Å². The number of pyridine rings is 1. The molecule has 0 fully saturated rings. The van der Waals surface area contributed by atoms with Gasteiger partial charge in [-0.1, -0.05) is 5.16 Å². The molecule has 0 aromatic carbocycles. The molecule has 204 valence electrons. The number of aliphatic hydroxyl groups excluding tert-OH is 1. The number of halogens is 3. The van der Waals surface area contributed by atoms with Gasteiger partial charge in [0.1, 0.15) is 23.1 Å². The van der Waals surface area contributed by atoms with Crippen LogP contribution in [0.3, 0.4) is 0 Å². The van der Waals surface area contributed by atoms with Crippen molar-refractivity contribution in [3.8, 4) is 10.6 Å². The summed E-state index contributed by atoms with van der Waals surface area (Å²) in [6, 6.07) is 1.33. The Labute approximate surface area is 221 Å². The summed E-state index contributed by atoms with van der Waals surface area (Å²) < 4.78 is 45.3. The third kappa shape index (κ3) is 5.05. The van der Waals surface area contributed by atoms with E-state index in [1.807, 2.05) is 0 Å². The van der Waals surface area contributed by atoms with Crippen molar-refractivity contribution in [2.75, 3.05) is 17.3 Å². The summed E-state index contributed by atoms with van der Waals surface area (Å²) in [5, 5.41) is 18.9. The van der Waals surface area contributed by atoms with E-state index in [0.29, 0.717) is 16.5 Å². The quantitative estimate of drug-likeness (QED) is 0.357. The lowest BCUT2D eigenvalue weighted by Crippen LogP contribution is -2.54. The number of thiazole rings is 1. The molecule has 1 unspecified atom stereocenters. The summed E-state index contributed by atoms with van der Waals surface area (Å²) in [5.74, 6) is -0.269. The van der Waals surface area contributed by atoms with E-state index in [4.69, 9.17) is 4.52 Å². The van der Waals surface area contributed by atoms with Gasteiger partial charge in [0.05, 0.1) is 12.9 Å². The molecule has 0 spiro atoms. The smallest absolute Gasteiger partial charge is 0.356 e. The van der Waals surface area contributed by atoms with E-state index in [-0.39, 0.29) is 41.8 Å². The van der Waals surface area contributed by atoms with E-state index in [0.717, 1.165) is 22.4 Å². The lowest BCUT2D eigenvalue weighted by molar-refractivity contribution is -0.141. The fourth-order valence-corrected chi connectivity index (χ4v) is 4.76. The van der Waals surface area contributed by atoms with Gasteiger partial charge in [-0.25, -0.2) is 9.97 Å². The molecule has 0 bridgehead atoms. The third-order valence-electron chi connectivity index (χ3n) is 5.80. The van der Waals surface area contributed by atoms with Gasteiger partial charge in [0.15, 0.2) is 17.3 Å². The molecule has 0 saturated heterocycles. The van der Waals surface area contributed by atoms with Gasteiger partial charge in [0.25, 0.3) is 5.91 Å². The zero-order chi connectivity index (χ0) is 28.1. The average molecular weight is 564 g/mol. The number of aromatic nitrogens is 6. The van der Waals surface area contributed by atoms with Crippen molar-refractivity contribution < 1.29 is 32.4 Å². The Bertz CT molecular complexity index is 1560. The lowest BCUT2D eigenvalue weighted by atomic mass is 10.1. The summed E-state index contributed by atoms with van der Waals surface area (Å²) in [4.78, 5) is 44.5. The number of carbonyl (C=O) groups is 2. The highest BCUT2D eigenvalue weighted by Crippen LogP contribution is 2.33. The molecular formula is C22H20F3N9O4S. The fraction of sp³-hybridized carbons (Fsp3) is 0.318. The Balaban J connectivity index is 1.30. The maximum atomic E-state index is 13.3. The molecule has 2 amide bonds. The second-order valence-corrected chi connectivity index (χ2v) is 9.50. The number of fused-ring (bicyclic) bond motifs is 1. The van der Waals surface area contributed by atoms with Gasteiger partial charge in [0, 0.05) is 31.1 Å². The van der Waals surface area contributed by atoms with Gasteiger partial charge in [-0.15, -0.1) is 11.3 Å². The Morgan fingerprint density at radius 3 is 2.69 bits per heavy atom. The molecule has 0 aliphatic carbocycles. The molecule has 0 saturated carbocycles. The molecule has 5 heterocycles. The number of carbonyl (C=O) groups excluding carboxylic acids is 2. The Morgan fingerprint density at radius 1 is 1.26 bits per heavy atom. The molecule has 13 nitrogen and oxygen atoms in total. The highest BCUT2D eigenvalue weighted by Gasteiger charge is 2.39. The topological polar surface area (TPSA) is 155 Å². The van der Waals surface area contributed by atoms with Crippen LogP contribution >= 0.6 is 11.3 Å². The van der Waals surface area contributed by atoms with E-state index >= 15 is 0 Å². The molecule has 4 aromatic rings. The minimum absolute atomic E-state index is 0.0473. The normalized spacial score (nSPS) is 15.6. The van der Waals surface area contributed by atoms with Crippen LogP contribution in [0.25, 0.3) is 10.6 Å². The molecule has 1 atom stereocenters. The summed E-state index contributed by atoms with van der Waals surface area (Å²) >= 11 is 1.12. The van der Waals surface area contributed by atoms with Crippen LogP contribution in [0.1, 0.15) is 33.5 Å². The number of aliphatic hydroxyl groups is 1. The number of amides is 2. The number of anilines is 2. The monoisotopic (exact) mass is 563 g/mol. The summed E-state index contributed by atoms with van der Waals surface area (Å²) in [6.45, 7) is 2.46. The van der Waals surface area contributed by atoms with Gasteiger partial charge in [-0.2, -0.15) is 18.2 Å². The van der Waals surface area contributed by atoms with Gasteiger partial charge in [-0.05, 0) is 18.6 Å². The number of aryl methyl sites for hydroxylation is 2. The third-order valence-corrected chi connectivity index (χ3v) is 6.69. The molecule has 1 aliphatic heterocycles. The first kappa shape index (κ1) is 26.2. The van der Waals surface area contributed by atoms with Crippen LogP contribution in [-0.2, 0) is 24.1 Å². The maximum absolute atomic E-state index is 13.3. The maximum Gasteiger partial charge on any atom is 0.433 e. The van der Waals surface area contributed by atoms with Crippen molar-refractivity contribution in [3.63, 3.8) is 0 Å². The summed E-state index contributed by atoms with van der Waals surface area (Å²) in [5.41, 5.74) is -0.574. The SMILES string of the molecule is Cc1nc(CN2C(=O)c3c(ncn3CC(=O)Nc3csc(-c4cnc(C(F)(F)F)c(C)c4)n3)N(C)C2O)no1. The van der Waals surface area contributed by atoms with Gasteiger partial charge in [0.2, 0.25) is 18.1 Å². The Hall–Kier alpha value is -4.38. The predicted molar refractivity (Wildman–Crippen MR) is 129 cm³/mol. The zero-order valence-corrected chi connectivity index (χ0v) is 21.4. The van der Waals surface area contributed by atoms with E-state index in [1.54, 1.807) is 6.92 Å². The van der Waals surface area contributed by atoms with Crippen molar-refractivity contribution >= 4 is 34.8 Å². The van der Waals surface area contributed by atoms with Crippen molar-refractivity contribution in [1.82, 2.24) is 34.6 Å². The Kier molecular flexibility index (Phi) is 6.55. The van der Waals surface area contributed by atoms with Crippen molar-refractivity contribution in [2.24, 2.45) is 0 Å². The van der Waals surface area contributed by atoms with Gasteiger partial charge in [-0.3, -0.25) is 19.5 Å². The molecular weight excluding hydrogens is 543 g/mol. The number of nitrogens with zero attached hydrogens (tertiary/aromatic N) is 8. The number of imidazole rings is 1. The number of nitrogens with one attached hydrogen (secondary N) is 1. The second kappa shape index (κ2) is 9.73. The number of alkyl halides is 3. The predicted octanol–water partition coefficient (Wildman–Crippen LogP) is 2.43. The molecule has 5 rings (SSSR count). The van der Waals surface area contributed by atoms with Crippen molar-refractivity contribution in [1.29, 1.82) is 0 Å². The van der Waals surface area contributed by atoms with E-state index in [9.17, 15) is 27.9 Å². The van der Waals surface area contributed by atoms with Gasteiger partial charge >= 0.3 is 6.18 Å². The van der Waals surface area contributed by atoms with Crippen LogP contribution in [0.4, 0.5) is 24.8 Å². The first-order valence-corrected chi connectivity index (χ1v) is 12.2. The van der Waals surface area contributed by atoms with Crippen LogP contribution in [0.15, 0.2) is 28.5 Å². The molecule has 4 aromatic heterocycles. The average Bonchev–Trinajstić information content (AvgIpc) is 3.60. The molecule has 2 N–H and O–H groups in total. The second-order valence-electron chi connectivity index (χ2n) is 8.64. The Morgan fingerprint density at radius 2 is 2.03 bits per heavy atom. The number of hydrogen-bond donors (Lipinski definition) is 2. The van der Waals surface area contributed by atoms with E-state index in [1.165, 1.54) is 41.2 Å². The molecule has 0 radical (unpaired) electrons. The van der Waals surface area contributed by atoms with E-state index < -0.39 is 30.0 Å². The summed E-state index contributed by atoms with van der Waals surface area (Å²) in [7, 11) is 1.54. The highest BCUT2D eigenvalue weighted by atomic mass is 32.1. The van der Waals surface area contributed by atoms with Crippen molar-refractivity contribution in [2.45, 2.75) is 39.5 Å². The van der Waals surface area contributed by atoms with Crippen LogP contribution in [-0.4, -0.2) is 64.9 Å². The first-order valence-electron chi connectivity index (χ1n) is 11.3. The van der Waals surface area contributed by atoms with Gasteiger partial charge < -0.3 is 24.4 Å². The standard InChI is InChI=1S/C22H20F3N9O4S/c1-10-4-12(5-26-17(10)22(23,24)25)19-30-14(8-39-19)29-15(35)7-33-9-27-18-16(33)20(36)34(21(37)32(18)3)6-13-28-11(2)38-31-13/h4-5,8-9,21,37H,6-7H2,1-3H3,(H,29,35). The van der Waals surface area contributed by atoms with Crippen LogP contribution < -0.4 is 10.2 Å². The zero-order valence-electron chi connectivity index (χ0n) is 20.6. The van der Waals surface area contributed by atoms with Crippen LogP contribution in [0, 0.1) is 13.8 Å². The highest BCUT2D eigenvalue weighted by molar-refractivity contribution is 7.13. The fourth-order valence-electron chi connectivity index (χ4n) is 4.03. The molecule has 17 heteroatoms. The minimum atomic E-state index is -4.56. The molecule has 1 aliphatic rings. The van der Waals surface area contributed by atoms with Crippen LogP contribution in [0.2, 0.25) is 0 Å². The minimum Gasteiger partial charge on any atom is -0.356 e. The van der Waals surface area contributed by atoms with Crippen molar-refractivity contribution in [3.05, 3.63) is 52.6 Å². The number of rotatable bonds is 6. The largest absolute Gasteiger partial charge is 0.433 e. The molecule has 39 heavy (non-hydrogen) atoms. The lowest BCUT2D eigenvalue weighted by Gasteiger charge is -2.37. The number of hydrogen-bond acceptors (Lipinski definition) is 11. The first-order chi connectivity index (χ1) is 18.4. The van der Waals surface area contributed by atoms with E-state index in [2.05, 4.69) is 30.4 Å². The summed E-state index contributed by atoms with van der Waals surface area (Å²) in [6.07, 6.45) is -3.53.